The van der Waals surface area contributed by atoms with Crippen molar-refractivity contribution in [3.8, 4) is 0 Å². The molecule has 2 heterocycles. The molecule has 1 atom stereocenters. The van der Waals surface area contributed by atoms with Crippen LogP contribution in [-0.2, 0) is 0 Å². The molecule has 2 aromatic rings. The van der Waals surface area contributed by atoms with Gasteiger partial charge in [-0.25, -0.2) is 0 Å². The Balaban J connectivity index is 0.00000225. The van der Waals surface area contributed by atoms with Gasteiger partial charge in [0, 0.05) is 30.7 Å². The van der Waals surface area contributed by atoms with Crippen LogP contribution in [0.2, 0.25) is 5.02 Å². The predicted molar refractivity (Wildman–Crippen MR) is 101 cm³/mol. The first-order valence-electron chi connectivity index (χ1n) is 7.50. The Morgan fingerprint density at radius 1 is 1.44 bits per heavy atom. The summed E-state index contributed by atoms with van der Waals surface area (Å²) >= 11 is 7.45. The van der Waals surface area contributed by atoms with Crippen LogP contribution in [0.15, 0.2) is 30.3 Å². The zero-order valence-electron chi connectivity index (χ0n) is 13.4. The Morgan fingerprint density at radius 3 is 2.80 bits per heavy atom. The number of aryl methyl sites for hydroxylation is 1. The molecule has 0 bridgehead atoms. The number of carbonyl (C=O) groups excluding carboxylic acids is 1. The van der Waals surface area contributed by atoms with Gasteiger partial charge >= 0.3 is 0 Å². The van der Waals surface area contributed by atoms with Crippen molar-refractivity contribution < 1.29 is 9.72 Å². The Morgan fingerprint density at radius 2 is 2.16 bits per heavy atom. The van der Waals surface area contributed by atoms with Gasteiger partial charge < -0.3 is 10.2 Å². The quantitative estimate of drug-likeness (QED) is 0.626. The number of piperazine rings is 1. The molecular weight excluding hydrogens is 385 g/mol. The van der Waals surface area contributed by atoms with Crippen LogP contribution in [0, 0.1) is 17.0 Å². The molecule has 1 amide bonds. The van der Waals surface area contributed by atoms with Gasteiger partial charge in [0.05, 0.1) is 20.7 Å². The first kappa shape index (κ1) is 19.7. The molecule has 0 radical (unpaired) electrons. The van der Waals surface area contributed by atoms with E-state index in [1.54, 1.807) is 17.9 Å². The number of carbonyl (C=O) groups is 1. The number of halogens is 2. The van der Waals surface area contributed by atoms with Crippen molar-refractivity contribution in [1.29, 1.82) is 0 Å². The summed E-state index contributed by atoms with van der Waals surface area (Å²) in [5.41, 5.74) is 0.871. The van der Waals surface area contributed by atoms with Crippen LogP contribution in [0.4, 0.5) is 5.69 Å². The lowest BCUT2D eigenvalue weighted by atomic mass is 10.0. The first-order valence-corrected chi connectivity index (χ1v) is 8.69. The Kier molecular flexibility index (Phi) is 6.40. The molecule has 1 aromatic carbocycles. The number of nitro groups is 1. The van der Waals surface area contributed by atoms with Gasteiger partial charge in [0.15, 0.2) is 0 Å². The molecule has 1 aromatic heterocycles. The highest BCUT2D eigenvalue weighted by Crippen LogP contribution is 2.33. The summed E-state index contributed by atoms with van der Waals surface area (Å²) in [5.74, 6) is -0.192. The molecule has 134 valence electrons. The standard InChI is InChI=1S/C16H16ClN3O3S.ClH/c1-10-13(20(22)23)8-15(24-10)16(21)19-7-6-18-9-14(19)11-4-2-3-5-12(11)17;/h2-5,8,14,18H,6-7,9H2,1H3;1H. The molecule has 9 heteroatoms. The minimum absolute atomic E-state index is 0. The van der Waals surface area contributed by atoms with Crippen LogP contribution in [0.1, 0.15) is 26.2 Å². The summed E-state index contributed by atoms with van der Waals surface area (Å²) in [6.07, 6.45) is 0. The fraction of sp³-hybridized carbons (Fsp3) is 0.312. The summed E-state index contributed by atoms with van der Waals surface area (Å²) in [7, 11) is 0. The summed E-state index contributed by atoms with van der Waals surface area (Å²) in [6.45, 7) is 3.46. The number of rotatable bonds is 3. The van der Waals surface area contributed by atoms with Gasteiger partial charge in [0.2, 0.25) is 0 Å². The van der Waals surface area contributed by atoms with Gasteiger partial charge in [-0.3, -0.25) is 14.9 Å². The van der Waals surface area contributed by atoms with Gasteiger partial charge in [-0.1, -0.05) is 29.8 Å². The van der Waals surface area contributed by atoms with Crippen LogP contribution in [0.3, 0.4) is 0 Å². The average Bonchev–Trinajstić information content (AvgIpc) is 2.97. The maximum absolute atomic E-state index is 12.9. The van der Waals surface area contributed by atoms with Crippen LogP contribution in [-0.4, -0.2) is 35.4 Å². The molecule has 1 unspecified atom stereocenters. The Labute approximate surface area is 160 Å². The number of hydrogen-bond donors (Lipinski definition) is 1. The minimum atomic E-state index is -0.452. The molecule has 0 spiro atoms. The zero-order chi connectivity index (χ0) is 17.3. The number of amides is 1. The van der Waals surface area contributed by atoms with E-state index >= 15 is 0 Å². The van der Waals surface area contributed by atoms with E-state index < -0.39 is 4.92 Å². The van der Waals surface area contributed by atoms with E-state index in [4.69, 9.17) is 11.6 Å². The van der Waals surface area contributed by atoms with E-state index in [2.05, 4.69) is 5.32 Å². The van der Waals surface area contributed by atoms with E-state index in [0.717, 1.165) is 16.9 Å². The average molecular weight is 402 g/mol. The molecule has 0 saturated carbocycles. The molecular formula is C16H17Cl2N3O3S. The molecule has 1 aliphatic rings. The van der Waals surface area contributed by atoms with Crippen molar-refractivity contribution in [1.82, 2.24) is 10.2 Å². The highest BCUT2D eigenvalue weighted by Gasteiger charge is 2.32. The maximum atomic E-state index is 12.9. The second kappa shape index (κ2) is 8.14. The van der Waals surface area contributed by atoms with E-state index in [1.165, 1.54) is 6.07 Å². The highest BCUT2D eigenvalue weighted by atomic mass is 35.5. The minimum Gasteiger partial charge on any atom is -0.328 e. The first-order chi connectivity index (χ1) is 11.5. The molecule has 1 fully saturated rings. The fourth-order valence-corrected chi connectivity index (χ4v) is 4.08. The van der Waals surface area contributed by atoms with Gasteiger partial charge in [-0.05, 0) is 18.6 Å². The largest absolute Gasteiger partial charge is 0.328 e. The number of benzene rings is 1. The summed E-state index contributed by atoms with van der Waals surface area (Å²) in [4.78, 5) is 26.2. The van der Waals surface area contributed by atoms with E-state index in [9.17, 15) is 14.9 Å². The summed E-state index contributed by atoms with van der Waals surface area (Å²) in [5, 5.41) is 14.9. The van der Waals surface area contributed by atoms with Crippen LogP contribution in [0.5, 0.6) is 0 Å². The van der Waals surface area contributed by atoms with Crippen molar-refractivity contribution >= 4 is 46.9 Å². The summed E-state index contributed by atoms with van der Waals surface area (Å²) < 4.78 is 0. The van der Waals surface area contributed by atoms with Crippen molar-refractivity contribution in [3.63, 3.8) is 0 Å². The van der Waals surface area contributed by atoms with Gasteiger partial charge in [-0.2, -0.15) is 0 Å². The third-order valence-electron chi connectivity index (χ3n) is 4.07. The third-order valence-corrected chi connectivity index (χ3v) is 5.44. The lowest BCUT2D eigenvalue weighted by Crippen LogP contribution is -2.48. The lowest BCUT2D eigenvalue weighted by molar-refractivity contribution is -0.385. The number of hydrogen-bond acceptors (Lipinski definition) is 5. The molecule has 1 aliphatic heterocycles. The molecule has 25 heavy (non-hydrogen) atoms. The van der Waals surface area contributed by atoms with Crippen LogP contribution < -0.4 is 5.32 Å². The Bertz CT molecular complexity index is 797. The molecule has 1 N–H and O–H groups in total. The van der Waals surface area contributed by atoms with Gasteiger partial charge in [0.1, 0.15) is 0 Å². The van der Waals surface area contributed by atoms with E-state index in [-0.39, 0.29) is 30.0 Å². The van der Waals surface area contributed by atoms with Crippen molar-refractivity contribution in [2.45, 2.75) is 13.0 Å². The van der Waals surface area contributed by atoms with E-state index in [0.29, 0.717) is 34.4 Å². The van der Waals surface area contributed by atoms with Crippen LogP contribution >= 0.6 is 35.3 Å². The van der Waals surface area contributed by atoms with Gasteiger partial charge in [0.25, 0.3) is 11.6 Å². The topological polar surface area (TPSA) is 75.5 Å². The SMILES string of the molecule is Cc1sc(C(=O)N2CCNCC2c2ccccc2Cl)cc1[N+](=O)[O-].Cl. The summed E-state index contributed by atoms with van der Waals surface area (Å²) in [6, 6.07) is 8.62. The van der Waals surface area contributed by atoms with Gasteiger partial charge in [-0.15, -0.1) is 23.7 Å². The normalized spacial score (nSPS) is 17.0. The highest BCUT2D eigenvalue weighted by molar-refractivity contribution is 7.14. The Hall–Kier alpha value is -1.67. The van der Waals surface area contributed by atoms with Crippen molar-refractivity contribution in [2.24, 2.45) is 0 Å². The molecule has 0 aliphatic carbocycles. The second-order valence-corrected chi connectivity index (χ2v) is 7.21. The van der Waals surface area contributed by atoms with E-state index in [1.807, 2.05) is 18.2 Å². The molecule has 6 nitrogen and oxygen atoms in total. The van der Waals surface area contributed by atoms with Crippen molar-refractivity contribution in [2.75, 3.05) is 19.6 Å². The molecule has 1 saturated heterocycles. The van der Waals surface area contributed by atoms with Crippen molar-refractivity contribution in [3.05, 3.63) is 60.8 Å². The lowest BCUT2D eigenvalue weighted by Gasteiger charge is -2.36. The number of thiophene rings is 1. The second-order valence-electron chi connectivity index (χ2n) is 5.55. The smallest absolute Gasteiger partial charge is 0.283 e. The third kappa shape index (κ3) is 3.95. The predicted octanol–water partition coefficient (Wildman–Crippen LogP) is 3.83. The number of nitrogens with zero attached hydrogens (tertiary/aromatic N) is 2. The van der Waals surface area contributed by atoms with Crippen LogP contribution in [0.25, 0.3) is 0 Å². The maximum Gasteiger partial charge on any atom is 0.283 e. The zero-order valence-corrected chi connectivity index (χ0v) is 15.8. The fourth-order valence-electron chi connectivity index (χ4n) is 2.87. The monoisotopic (exact) mass is 401 g/mol. The number of nitrogens with one attached hydrogen (secondary N) is 1. The molecule has 3 rings (SSSR count).